The van der Waals surface area contributed by atoms with E-state index in [1.165, 1.54) is 18.5 Å². The van der Waals surface area contributed by atoms with Crippen LogP contribution in [0.25, 0.3) is 0 Å². The molecule has 42 heavy (non-hydrogen) atoms. The van der Waals surface area contributed by atoms with E-state index in [-0.39, 0.29) is 48.5 Å². The van der Waals surface area contributed by atoms with Crippen molar-refractivity contribution < 1.29 is 36.6 Å². The molecule has 232 valence electrons. The van der Waals surface area contributed by atoms with Crippen LogP contribution in [0.4, 0.5) is 23.4 Å². The van der Waals surface area contributed by atoms with Gasteiger partial charge in [0.15, 0.2) is 0 Å². The van der Waals surface area contributed by atoms with Crippen LogP contribution in [0.5, 0.6) is 0 Å². The lowest BCUT2D eigenvalue weighted by atomic mass is 9.88. The van der Waals surface area contributed by atoms with E-state index in [1.54, 1.807) is 11.0 Å². The fourth-order valence-electron chi connectivity index (χ4n) is 6.14. The van der Waals surface area contributed by atoms with E-state index < -0.39 is 12.5 Å². The number of ether oxygens (including phenoxy) is 3. The maximum atomic E-state index is 14.1. The van der Waals surface area contributed by atoms with Crippen molar-refractivity contribution in [3.8, 4) is 0 Å². The molecule has 3 aliphatic heterocycles. The molecule has 3 fully saturated rings. The number of allylic oxidation sites excluding steroid dienone is 2. The molecule has 0 bridgehead atoms. The van der Waals surface area contributed by atoms with Crippen molar-refractivity contribution in [2.75, 3.05) is 38.2 Å². The molecule has 2 N–H and O–H groups in total. The molecule has 13 heteroatoms. The number of aromatic nitrogens is 2. The quantitative estimate of drug-likeness (QED) is 0.425. The van der Waals surface area contributed by atoms with Gasteiger partial charge in [-0.05, 0) is 64.0 Å². The van der Waals surface area contributed by atoms with Gasteiger partial charge in [0, 0.05) is 49.8 Å². The van der Waals surface area contributed by atoms with Crippen molar-refractivity contribution in [1.29, 1.82) is 0 Å². The lowest BCUT2D eigenvalue weighted by Crippen LogP contribution is -2.52. The van der Waals surface area contributed by atoms with E-state index in [1.807, 2.05) is 6.92 Å². The molecule has 1 aromatic rings. The van der Waals surface area contributed by atoms with Gasteiger partial charge in [0.25, 0.3) is 5.91 Å². The van der Waals surface area contributed by atoms with E-state index >= 15 is 0 Å². The smallest absolute Gasteiger partial charge is 0.406 e. The molecule has 0 aromatic carbocycles. The van der Waals surface area contributed by atoms with E-state index in [2.05, 4.69) is 25.3 Å². The number of halogens is 4. The highest BCUT2D eigenvalue weighted by molar-refractivity contribution is 5.94. The van der Waals surface area contributed by atoms with Crippen LogP contribution >= 0.6 is 0 Å². The zero-order valence-electron chi connectivity index (χ0n) is 23.7. The second-order valence-electron chi connectivity index (χ2n) is 11.4. The summed E-state index contributed by atoms with van der Waals surface area (Å²) in [7, 11) is 0. The van der Waals surface area contributed by atoms with Crippen LogP contribution in [0.15, 0.2) is 30.3 Å². The Bertz CT molecular complexity index is 1140. The monoisotopic (exact) mass is 597 g/mol. The van der Waals surface area contributed by atoms with Gasteiger partial charge in [-0.2, -0.15) is 0 Å². The lowest BCUT2D eigenvalue weighted by molar-refractivity contribution is -0.303. The summed E-state index contributed by atoms with van der Waals surface area (Å²) in [5, 5.41) is 6.73. The van der Waals surface area contributed by atoms with Gasteiger partial charge in [0.2, 0.25) is 0 Å². The number of hydrogen-bond acceptors (Lipinski definition) is 8. The van der Waals surface area contributed by atoms with Crippen LogP contribution in [0.2, 0.25) is 0 Å². The third-order valence-electron chi connectivity index (χ3n) is 8.49. The average Bonchev–Trinajstić information content (AvgIpc) is 2.98. The largest absolute Gasteiger partial charge is 0.573 e. The summed E-state index contributed by atoms with van der Waals surface area (Å²) in [6.07, 6.45) is 5.18. The van der Waals surface area contributed by atoms with Crippen LogP contribution in [0.1, 0.15) is 61.0 Å². The van der Waals surface area contributed by atoms with Crippen LogP contribution < -0.4 is 10.6 Å². The van der Waals surface area contributed by atoms with Gasteiger partial charge in [0.05, 0.1) is 18.8 Å². The SMILES string of the molecule is Cc1c(NC[C@H]2CCC[C@@H](C3C=CC(OC(F)(F)F)=CC3)O2)ncnc1C(=O)N1CCC(N[C@H]2CCOC[C@H]2F)CC1. The maximum absolute atomic E-state index is 14.1. The van der Waals surface area contributed by atoms with Gasteiger partial charge >= 0.3 is 6.36 Å². The van der Waals surface area contributed by atoms with Gasteiger partial charge in [0.1, 0.15) is 29.8 Å². The van der Waals surface area contributed by atoms with Crippen molar-refractivity contribution >= 4 is 11.7 Å². The Morgan fingerprint density at radius 3 is 2.69 bits per heavy atom. The summed E-state index contributed by atoms with van der Waals surface area (Å²) in [5.41, 5.74) is 1.01. The van der Waals surface area contributed by atoms with Crippen molar-refractivity contribution in [3.63, 3.8) is 0 Å². The number of carbonyl (C=O) groups is 1. The number of likely N-dealkylation sites (tertiary alicyclic amines) is 1. The molecule has 4 heterocycles. The lowest BCUT2D eigenvalue weighted by Gasteiger charge is -2.36. The fourth-order valence-corrected chi connectivity index (χ4v) is 6.14. The standard InChI is InChI=1S/C29H39F4N5O4/c1-18-26(28(39)38-12-9-20(10-13-38)37-24-11-14-40-16-23(24)30)35-17-36-27(18)34-15-22-3-2-4-25(41-22)19-5-7-21(8-6-19)42-29(31,32)33/h5,7-8,17,19-20,22-25,37H,2-4,6,9-16H2,1H3,(H,34,35,36)/t19?,22-,23-,24+,25+/m1/s1. The molecule has 1 aromatic heterocycles. The molecular weight excluding hydrogens is 558 g/mol. The Labute approximate surface area is 243 Å². The van der Waals surface area contributed by atoms with Crippen LogP contribution in [0, 0.1) is 12.8 Å². The first-order chi connectivity index (χ1) is 20.2. The van der Waals surface area contributed by atoms with Gasteiger partial charge in [-0.25, -0.2) is 14.4 Å². The zero-order valence-corrected chi connectivity index (χ0v) is 23.7. The summed E-state index contributed by atoms with van der Waals surface area (Å²) < 4.78 is 67.1. The summed E-state index contributed by atoms with van der Waals surface area (Å²) in [4.78, 5) is 23.8. The van der Waals surface area contributed by atoms with Crippen molar-refractivity contribution in [1.82, 2.24) is 20.2 Å². The highest BCUT2D eigenvalue weighted by Gasteiger charge is 2.34. The number of piperidine rings is 1. The van der Waals surface area contributed by atoms with E-state index in [4.69, 9.17) is 9.47 Å². The van der Waals surface area contributed by atoms with Crippen LogP contribution in [0.3, 0.4) is 0 Å². The Kier molecular flexibility index (Phi) is 10.00. The number of anilines is 1. The second kappa shape index (κ2) is 13.7. The normalized spacial score (nSPS) is 29.2. The molecule has 0 radical (unpaired) electrons. The third kappa shape index (κ3) is 7.99. The van der Waals surface area contributed by atoms with Gasteiger partial charge in [-0.3, -0.25) is 4.79 Å². The number of alkyl halides is 4. The molecule has 1 amide bonds. The first-order valence-electron chi connectivity index (χ1n) is 14.8. The van der Waals surface area contributed by atoms with Crippen molar-refractivity contribution in [2.45, 2.75) is 88.7 Å². The summed E-state index contributed by atoms with van der Waals surface area (Å²) >= 11 is 0. The molecule has 3 saturated heterocycles. The Balaban J connectivity index is 1.10. The maximum Gasteiger partial charge on any atom is 0.573 e. The number of nitrogens with one attached hydrogen (secondary N) is 2. The van der Waals surface area contributed by atoms with Crippen molar-refractivity contribution in [2.24, 2.45) is 5.92 Å². The first kappa shape index (κ1) is 30.7. The van der Waals surface area contributed by atoms with Crippen LogP contribution in [-0.4, -0.2) is 90.4 Å². The summed E-state index contributed by atoms with van der Waals surface area (Å²) in [6.45, 7) is 4.12. The van der Waals surface area contributed by atoms with Gasteiger partial charge in [-0.15, -0.1) is 13.2 Å². The van der Waals surface area contributed by atoms with E-state index in [9.17, 15) is 22.4 Å². The molecule has 9 nitrogen and oxygen atoms in total. The van der Waals surface area contributed by atoms with E-state index in [0.717, 1.165) is 32.1 Å². The third-order valence-corrected chi connectivity index (χ3v) is 8.49. The summed E-state index contributed by atoms with van der Waals surface area (Å²) in [5.74, 6) is 0.209. The van der Waals surface area contributed by atoms with Gasteiger partial charge in [-0.1, -0.05) is 6.08 Å². The number of amides is 1. The summed E-state index contributed by atoms with van der Waals surface area (Å²) in [6, 6.07) is -0.0392. The molecule has 4 aliphatic rings. The predicted molar refractivity (Wildman–Crippen MR) is 146 cm³/mol. The Morgan fingerprint density at radius 1 is 1.17 bits per heavy atom. The molecule has 0 spiro atoms. The van der Waals surface area contributed by atoms with Crippen molar-refractivity contribution in [3.05, 3.63) is 41.6 Å². The number of rotatable bonds is 8. The molecule has 0 saturated carbocycles. The minimum absolute atomic E-state index is 0.0205. The second-order valence-corrected chi connectivity index (χ2v) is 11.4. The van der Waals surface area contributed by atoms with E-state index in [0.29, 0.717) is 56.2 Å². The zero-order chi connectivity index (χ0) is 29.7. The Hall–Kier alpha value is -2.77. The molecule has 5 rings (SSSR count). The van der Waals surface area contributed by atoms with Gasteiger partial charge < -0.3 is 29.7 Å². The minimum Gasteiger partial charge on any atom is -0.406 e. The van der Waals surface area contributed by atoms with Crippen LogP contribution in [-0.2, 0) is 14.2 Å². The topological polar surface area (TPSA) is 97.8 Å². The molecule has 1 aliphatic carbocycles. The fraction of sp³-hybridized carbons (Fsp3) is 0.690. The molecular formula is C29H39F4N5O4. The highest BCUT2D eigenvalue weighted by atomic mass is 19.4. The predicted octanol–water partition coefficient (Wildman–Crippen LogP) is 4.45. The minimum atomic E-state index is -4.70. The number of hydrogen-bond donors (Lipinski definition) is 2. The Morgan fingerprint density at radius 2 is 1.98 bits per heavy atom. The number of carbonyl (C=O) groups excluding carboxylic acids is 1. The average molecular weight is 598 g/mol. The molecule has 1 unspecified atom stereocenters. The molecule has 5 atom stereocenters. The first-order valence-corrected chi connectivity index (χ1v) is 14.8. The number of nitrogens with zero attached hydrogens (tertiary/aromatic N) is 3. The highest BCUT2D eigenvalue weighted by Crippen LogP contribution is 2.32.